The molecule has 3 aromatic rings. The van der Waals surface area contributed by atoms with E-state index in [-0.39, 0.29) is 0 Å². The van der Waals surface area contributed by atoms with Gasteiger partial charge in [0.2, 0.25) is 0 Å². The van der Waals surface area contributed by atoms with E-state index in [2.05, 4.69) is 47.3 Å². The molecule has 0 saturated carbocycles. The minimum Gasteiger partial charge on any atom is -0.384 e. The summed E-state index contributed by atoms with van der Waals surface area (Å²) in [7, 11) is 1.79. The molecule has 0 unspecified atom stereocenters. The molecule has 1 aliphatic heterocycles. The SMILES string of the molecule is COCC1CCN(c2ncnc3scc(-c4ccc(C)c(C)c4)c23)CC1. The van der Waals surface area contributed by atoms with Crippen LogP contribution in [0.2, 0.25) is 0 Å². The lowest BCUT2D eigenvalue weighted by molar-refractivity contribution is 0.139. The summed E-state index contributed by atoms with van der Waals surface area (Å²) in [5.74, 6) is 1.75. The molecule has 0 bridgehead atoms. The zero-order valence-corrected chi connectivity index (χ0v) is 16.5. The van der Waals surface area contributed by atoms with Crippen LogP contribution in [0.3, 0.4) is 0 Å². The number of aryl methyl sites for hydroxylation is 2. The molecule has 4 rings (SSSR count). The van der Waals surface area contributed by atoms with Gasteiger partial charge in [-0.25, -0.2) is 9.97 Å². The van der Waals surface area contributed by atoms with E-state index in [1.807, 2.05) is 0 Å². The monoisotopic (exact) mass is 367 g/mol. The minimum absolute atomic E-state index is 0.662. The smallest absolute Gasteiger partial charge is 0.141 e. The highest BCUT2D eigenvalue weighted by Gasteiger charge is 2.23. The Morgan fingerprint density at radius 3 is 2.69 bits per heavy atom. The van der Waals surface area contributed by atoms with Crippen LogP contribution in [0.5, 0.6) is 0 Å². The van der Waals surface area contributed by atoms with Crippen molar-refractivity contribution in [2.24, 2.45) is 5.92 Å². The first-order chi connectivity index (χ1) is 12.7. The molecule has 1 aromatic carbocycles. The number of fused-ring (bicyclic) bond motifs is 1. The van der Waals surface area contributed by atoms with E-state index >= 15 is 0 Å². The van der Waals surface area contributed by atoms with Crippen molar-refractivity contribution in [3.8, 4) is 11.1 Å². The van der Waals surface area contributed by atoms with Gasteiger partial charge in [-0.05, 0) is 49.3 Å². The van der Waals surface area contributed by atoms with Crippen LogP contribution in [0.15, 0.2) is 29.9 Å². The number of methoxy groups -OCH3 is 1. The fourth-order valence-electron chi connectivity index (χ4n) is 3.77. The van der Waals surface area contributed by atoms with Crippen LogP contribution in [-0.4, -0.2) is 36.8 Å². The Kier molecular flexibility index (Phi) is 4.92. The van der Waals surface area contributed by atoms with Gasteiger partial charge in [0.05, 0.1) is 5.39 Å². The predicted octanol–water partition coefficient (Wildman–Crippen LogP) is 4.84. The molecule has 1 fully saturated rings. The van der Waals surface area contributed by atoms with E-state index in [4.69, 9.17) is 9.72 Å². The van der Waals surface area contributed by atoms with E-state index in [1.54, 1.807) is 24.8 Å². The van der Waals surface area contributed by atoms with Crippen LogP contribution in [0.4, 0.5) is 5.82 Å². The molecule has 136 valence electrons. The summed E-state index contributed by atoms with van der Waals surface area (Å²) in [4.78, 5) is 12.7. The lowest BCUT2D eigenvalue weighted by atomic mass is 9.97. The molecule has 4 nitrogen and oxygen atoms in total. The van der Waals surface area contributed by atoms with E-state index in [0.29, 0.717) is 5.92 Å². The van der Waals surface area contributed by atoms with Crippen LogP contribution in [-0.2, 0) is 4.74 Å². The van der Waals surface area contributed by atoms with Crippen molar-refractivity contribution in [3.05, 3.63) is 41.0 Å². The maximum atomic E-state index is 5.34. The van der Waals surface area contributed by atoms with Crippen molar-refractivity contribution in [1.82, 2.24) is 9.97 Å². The van der Waals surface area contributed by atoms with Gasteiger partial charge >= 0.3 is 0 Å². The lowest BCUT2D eigenvalue weighted by Crippen LogP contribution is -2.35. The van der Waals surface area contributed by atoms with Crippen molar-refractivity contribution in [1.29, 1.82) is 0 Å². The lowest BCUT2D eigenvalue weighted by Gasteiger charge is -2.32. The molecule has 0 aliphatic carbocycles. The summed E-state index contributed by atoms with van der Waals surface area (Å²) in [6.07, 6.45) is 4.02. The first-order valence-corrected chi connectivity index (χ1v) is 10.1. The van der Waals surface area contributed by atoms with Gasteiger partial charge in [-0.3, -0.25) is 0 Å². The predicted molar refractivity (Wildman–Crippen MR) is 109 cm³/mol. The fraction of sp³-hybridized carbons (Fsp3) is 0.429. The van der Waals surface area contributed by atoms with Crippen LogP contribution in [0.25, 0.3) is 21.3 Å². The molecule has 0 spiro atoms. The molecule has 26 heavy (non-hydrogen) atoms. The normalized spacial score (nSPS) is 15.7. The number of hydrogen-bond acceptors (Lipinski definition) is 5. The van der Waals surface area contributed by atoms with Gasteiger partial charge in [-0.1, -0.05) is 18.2 Å². The Labute approximate surface area is 158 Å². The third-order valence-corrected chi connectivity index (χ3v) is 6.37. The maximum absolute atomic E-state index is 5.34. The largest absolute Gasteiger partial charge is 0.384 e. The second-order valence-electron chi connectivity index (χ2n) is 7.21. The van der Waals surface area contributed by atoms with Gasteiger partial charge in [-0.15, -0.1) is 11.3 Å². The van der Waals surface area contributed by atoms with Crippen LogP contribution < -0.4 is 4.90 Å². The summed E-state index contributed by atoms with van der Waals surface area (Å²) >= 11 is 1.71. The number of thiophene rings is 1. The highest BCUT2D eigenvalue weighted by Crippen LogP contribution is 2.39. The topological polar surface area (TPSA) is 38.2 Å². The molecule has 0 amide bonds. The Bertz CT molecular complexity index is 913. The number of hydrogen-bond donors (Lipinski definition) is 0. The van der Waals surface area contributed by atoms with Gasteiger partial charge in [0.1, 0.15) is 17.0 Å². The number of nitrogens with zero attached hydrogens (tertiary/aromatic N) is 3. The summed E-state index contributed by atoms with van der Waals surface area (Å²) in [5.41, 5.74) is 5.15. The molecule has 0 atom stereocenters. The maximum Gasteiger partial charge on any atom is 0.141 e. The van der Waals surface area contributed by atoms with Crippen LogP contribution >= 0.6 is 11.3 Å². The molecule has 5 heteroatoms. The van der Waals surface area contributed by atoms with Crippen molar-refractivity contribution >= 4 is 27.4 Å². The number of anilines is 1. The Balaban J connectivity index is 1.72. The Hall–Kier alpha value is -1.98. The van der Waals surface area contributed by atoms with Gasteiger partial charge in [0.15, 0.2) is 0 Å². The number of piperidine rings is 1. The summed E-state index contributed by atoms with van der Waals surface area (Å²) < 4.78 is 5.34. The molecule has 1 aliphatic rings. The average Bonchev–Trinajstić information content (AvgIpc) is 3.09. The van der Waals surface area contributed by atoms with Gasteiger partial charge in [-0.2, -0.15) is 0 Å². The number of rotatable bonds is 4. The number of aromatic nitrogens is 2. The summed E-state index contributed by atoms with van der Waals surface area (Å²) in [5, 5.41) is 3.43. The fourth-order valence-corrected chi connectivity index (χ4v) is 4.68. The van der Waals surface area contributed by atoms with E-state index in [9.17, 15) is 0 Å². The highest BCUT2D eigenvalue weighted by atomic mass is 32.1. The van der Waals surface area contributed by atoms with E-state index in [1.165, 1.54) is 27.6 Å². The number of ether oxygens (including phenoxy) is 1. The second-order valence-corrected chi connectivity index (χ2v) is 8.07. The molecule has 0 radical (unpaired) electrons. The van der Waals surface area contributed by atoms with Crippen molar-refractivity contribution in [2.45, 2.75) is 26.7 Å². The Morgan fingerprint density at radius 1 is 1.15 bits per heavy atom. The Morgan fingerprint density at radius 2 is 1.96 bits per heavy atom. The third-order valence-electron chi connectivity index (χ3n) is 5.48. The van der Waals surface area contributed by atoms with Crippen LogP contribution in [0.1, 0.15) is 24.0 Å². The van der Waals surface area contributed by atoms with Crippen molar-refractivity contribution < 1.29 is 4.74 Å². The molecule has 1 saturated heterocycles. The highest BCUT2D eigenvalue weighted by molar-refractivity contribution is 7.17. The quantitative estimate of drug-likeness (QED) is 0.661. The van der Waals surface area contributed by atoms with E-state index < -0.39 is 0 Å². The third kappa shape index (κ3) is 3.21. The molecule has 3 heterocycles. The van der Waals surface area contributed by atoms with Crippen molar-refractivity contribution in [2.75, 3.05) is 31.7 Å². The molecular formula is C21H25N3OS. The zero-order valence-electron chi connectivity index (χ0n) is 15.7. The molecule has 0 N–H and O–H groups in total. The second kappa shape index (κ2) is 7.33. The first kappa shape index (κ1) is 17.4. The number of benzene rings is 1. The summed E-state index contributed by atoms with van der Waals surface area (Å²) in [6, 6.07) is 6.69. The standard InChI is InChI=1S/C21H25N3OS/c1-14-4-5-17(10-15(14)2)18-12-26-21-19(18)20(22-13-23-21)24-8-6-16(7-9-24)11-25-3/h4-5,10,12-13,16H,6-9,11H2,1-3H3. The first-order valence-electron chi connectivity index (χ1n) is 9.21. The van der Waals surface area contributed by atoms with Gasteiger partial charge in [0, 0.05) is 37.7 Å². The summed E-state index contributed by atoms with van der Waals surface area (Å²) in [6.45, 7) is 7.25. The minimum atomic E-state index is 0.662. The van der Waals surface area contributed by atoms with Crippen molar-refractivity contribution in [3.63, 3.8) is 0 Å². The molecular weight excluding hydrogens is 342 g/mol. The van der Waals surface area contributed by atoms with E-state index in [0.717, 1.165) is 43.2 Å². The molecule has 2 aromatic heterocycles. The zero-order chi connectivity index (χ0) is 18.1. The average molecular weight is 368 g/mol. The van der Waals surface area contributed by atoms with Crippen LogP contribution in [0, 0.1) is 19.8 Å². The van der Waals surface area contributed by atoms with Gasteiger partial charge in [0.25, 0.3) is 0 Å². The van der Waals surface area contributed by atoms with Gasteiger partial charge < -0.3 is 9.64 Å².